The first-order valence-electron chi connectivity index (χ1n) is 7.61. The van der Waals surface area contributed by atoms with Crippen LogP contribution in [0, 0.1) is 17.5 Å². The second kappa shape index (κ2) is 6.89. The Morgan fingerprint density at radius 1 is 1.17 bits per heavy atom. The molecule has 1 atom stereocenters. The molecule has 1 amide bonds. The van der Waals surface area contributed by atoms with E-state index in [1.165, 1.54) is 18.2 Å². The second-order valence-corrected chi connectivity index (χ2v) is 6.77. The first-order chi connectivity index (χ1) is 11.5. The monoisotopic (exact) mass is 351 g/mol. The Morgan fingerprint density at radius 2 is 1.96 bits per heavy atom. The maximum atomic E-state index is 13.5. The van der Waals surface area contributed by atoms with Crippen LogP contribution in [0.1, 0.15) is 24.1 Å². The van der Waals surface area contributed by atoms with E-state index in [0.717, 1.165) is 35.0 Å². The van der Waals surface area contributed by atoms with E-state index < -0.39 is 11.6 Å². The minimum atomic E-state index is -0.928. The molecule has 24 heavy (non-hydrogen) atoms. The van der Waals surface area contributed by atoms with Crippen molar-refractivity contribution < 1.29 is 18.0 Å². The third-order valence-electron chi connectivity index (χ3n) is 4.22. The van der Waals surface area contributed by atoms with Crippen molar-refractivity contribution in [1.29, 1.82) is 0 Å². The molecular formula is C18H16F3NOS. The molecule has 1 heterocycles. The Hall–Kier alpha value is -1.95. The van der Waals surface area contributed by atoms with E-state index >= 15 is 0 Å². The molecule has 0 N–H and O–H groups in total. The Labute approximate surface area is 142 Å². The van der Waals surface area contributed by atoms with Crippen molar-refractivity contribution in [2.24, 2.45) is 0 Å². The van der Waals surface area contributed by atoms with Crippen molar-refractivity contribution in [3.05, 3.63) is 65.0 Å². The molecule has 1 aliphatic rings. The summed E-state index contributed by atoms with van der Waals surface area (Å²) in [5.74, 6) is -2.13. The average molecular weight is 351 g/mol. The molecule has 2 aromatic carbocycles. The summed E-state index contributed by atoms with van der Waals surface area (Å²) < 4.78 is 39.6. The minimum absolute atomic E-state index is 0.104. The van der Waals surface area contributed by atoms with Gasteiger partial charge in [0, 0.05) is 11.4 Å². The van der Waals surface area contributed by atoms with Crippen LogP contribution in [0.2, 0.25) is 0 Å². The van der Waals surface area contributed by atoms with Crippen LogP contribution in [-0.2, 0) is 11.2 Å². The summed E-state index contributed by atoms with van der Waals surface area (Å²) in [6, 6.07) is 8.04. The van der Waals surface area contributed by atoms with E-state index in [9.17, 15) is 18.0 Å². The number of benzene rings is 2. The van der Waals surface area contributed by atoms with Gasteiger partial charge in [-0.1, -0.05) is 6.07 Å². The molecule has 0 saturated carbocycles. The van der Waals surface area contributed by atoms with E-state index in [0.29, 0.717) is 17.9 Å². The Morgan fingerprint density at radius 3 is 2.71 bits per heavy atom. The van der Waals surface area contributed by atoms with Crippen molar-refractivity contribution in [1.82, 2.24) is 4.90 Å². The Bertz CT molecular complexity index is 781. The summed E-state index contributed by atoms with van der Waals surface area (Å²) in [4.78, 5) is 14.7. The summed E-state index contributed by atoms with van der Waals surface area (Å²) in [6.07, 6.45) is 0.682. The summed E-state index contributed by atoms with van der Waals surface area (Å²) in [7, 11) is 0. The molecule has 0 aromatic heterocycles. The number of fused-ring (bicyclic) bond motifs is 1. The lowest BCUT2D eigenvalue weighted by atomic mass is 9.93. The maximum absolute atomic E-state index is 13.5. The van der Waals surface area contributed by atoms with Crippen LogP contribution in [0.15, 0.2) is 41.3 Å². The van der Waals surface area contributed by atoms with Crippen LogP contribution in [0.3, 0.4) is 0 Å². The van der Waals surface area contributed by atoms with Crippen molar-refractivity contribution >= 4 is 17.7 Å². The molecule has 0 fully saturated rings. The molecule has 1 unspecified atom stereocenters. The van der Waals surface area contributed by atoms with Gasteiger partial charge in [0.05, 0.1) is 11.8 Å². The van der Waals surface area contributed by atoms with Gasteiger partial charge in [-0.15, -0.1) is 11.8 Å². The number of thioether (sulfide) groups is 1. The molecule has 0 spiro atoms. The molecule has 3 rings (SSSR count). The lowest BCUT2D eigenvalue weighted by Gasteiger charge is -2.35. The van der Waals surface area contributed by atoms with Crippen LogP contribution in [0.4, 0.5) is 13.2 Å². The van der Waals surface area contributed by atoms with Gasteiger partial charge in [-0.3, -0.25) is 4.79 Å². The lowest BCUT2D eigenvalue weighted by Crippen LogP contribution is -2.39. The van der Waals surface area contributed by atoms with E-state index in [-0.39, 0.29) is 23.5 Å². The molecule has 126 valence electrons. The number of hydrogen-bond donors (Lipinski definition) is 0. The normalized spacial score (nSPS) is 16.8. The highest BCUT2D eigenvalue weighted by Crippen LogP contribution is 2.31. The quantitative estimate of drug-likeness (QED) is 0.767. The number of hydrogen-bond acceptors (Lipinski definition) is 2. The van der Waals surface area contributed by atoms with Gasteiger partial charge < -0.3 is 4.90 Å². The standard InChI is InChI=1S/C18H16F3NOS/c1-11-15-8-13(19)3-2-12(15)6-7-22(11)18(23)10-24-14-4-5-16(20)17(21)9-14/h2-5,8-9,11H,6-7,10H2,1H3. The zero-order chi connectivity index (χ0) is 17.3. The Kier molecular flexibility index (Phi) is 4.85. The number of carbonyl (C=O) groups is 1. The molecule has 2 aromatic rings. The largest absolute Gasteiger partial charge is 0.335 e. The summed E-state index contributed by atoms with van der Waals surface area (Å²) in [5.41, 5.74) is 1.88. The SMILES string of the molecule is CC1c2cc(F)ccc2CCN1C(=O)CSc1ccc(F)c(F)c1. The van der Waals surface area contributed by atoms with Crippen molar-refractivity contribution in [3.63, 3.8) is 0 Å². The van der Waals surface area contributed by atoms with Crippen LogP contribution < -0.4 is 0 Å². The molecule has 0 bridgehead atoms. The van der Waals surface area contributed by atoms with E-state index in [1.807, 2.05) is 6.92 Å². The lowest BCUT2D eigenvalue weighted by molar-refractivity contribution is -0.130. The number of nitrogens with zero attached hydrogens (tertiary/aromatic N) is 1. The highest BCUT2D eigenvalue weighted by Gasteiger charge is 2.27. The van der Waals surface area contributed by atoms with E-state index in [4.69, 9.17) is 0 Å². The van der Waals surface area contributed by atoms with Gasteiger partial charge in [-0.25, -0.2) is 13.2 Å². The Balaban J connectivity index is 1.68. The van der Waals surface area contributed by atoms with E-state index in [1.54, 1.807) is 11.0 Å². The molecule has 0 radical (unpaired) electrons. The van der Waals surface area contributed by atoms with Gasteiger partial charge in [0.25, 0.3) is 0 Å². The fourth-order valence-electron chi connectivity index (χ4n) is 2.92. The van der Waals surface area contributed by atoms with Gasteiger partial charge in [-0.05, 0) is 54.8 Å². The number of rotatable bonds is 3. The van der Waals surface area contributed by atoms with Crippen LogP contribution in [0.25, 0.3) is 0 Å². The summed E-state index contributed by atoms with van der Waals surface area (Å²) in [5, 5.41) is 0. The van der Waals surface area contributed by atoms with Crippen LogP contribution in [-0.4, -0.2) is 23.1 Å². The molecule has 0 aliphatic carbocycles. The molecule has 2 nitrogen and oxygen atoms in total. The first kappa shape index (κ1) is 16.9. The van der Waals surface area contributed by atoms with E-state index in [2.05, 4.69) is 0 Å². The summed E-state index contributed by atoms with van der Waals surface area (Å²) in [6.45, 7) is 2.44. The average Bonchev–Trinajstić information content (AvgIpc) is 2.56. The van der Waals surface area contributed by atoms with Gasteiger partial charge in [0.15, 0.2) is 11.6 Å². The third-order valence-corrected chi connectivity index (χ3v) is 5.20. The number of halogens is 3. The predicted molar refractivity (Wildman–Crippen MR) is 87.3 cm³/mol. The highest BCUT2D eigenvalue weighted by atomic mass is 32.2. The minimum Gasteiger partial charge on any atom is -0.335 e. The first-order valence-corrected chi connectivity index (χ1v) is 8.60. The van der Waals surface area contributed by atoms with Crippen molar-refractivity contribution in [3.8, 4) is 0 Å². The topological polar surface area (TPSA) is 20.3 Å². The third kappa shape index (κ3) is 3.43. The zero-order valence-electron chi connectivity index (χ0n) is 13.1. The molecule has 1 aliphatic heterocycles. The van der Waals surface area contributed by atoms with Gasteiger partial charge in [-0.2, -0.15) is 0 Å². The number of amides is 1. The highest BCUT2D eigenvalue weighted by molar-refractivity contribution is 8.00. The fourth-order valence-corrected chi connectivity index (χ4v) is 3.73. The zero-order valence-corrected chi connectivity index (χ0v) is 13.9. The van der Waals surface area contributed by atoms with Gasteiger partial charge in [0.1, 0.15) is 5.82 Å². The fraction of sp³-hybridized carbons (Fsp3) is 0.278. The second-order valence-electron chi connectivity index (χ2n) is 5.72. The molecular weight excluding hydrogens is 335 g/mol. The van der Waals surface area contributed by atoms with Crippen LogP contribution >= 0.6 is 11.8 Å². The molecule has 6 heteroatoms. The van der Waals surface area contributed by atoms with Crippen molar-refractivity contribution in [2.75, 3.05) is 12.3 Å². The van der Waals surface area contributed by atoms with Gasteiger partial charge >= 0.3 is 0 Å². The van der Waals surface area contributed by atoms with Crippen molar-refractivity contribution in [2.45, 2.75) is 24.3 Å². The van der Waals surface area contributed by atoms with Gasteiger partial charge in [0.2, 0.25) is 5.91 Å². The smallest absolute Gasteiger partial charge is 0.233 e. The molecule has 0 saturated heterocycles. The number of carbonyl (C=O) groups excluding carboxylic acids is 1. The van der Waals surface area contributed by atoms with Crippen LogP contribution in [0.5, 0.6) is 0 Å². The maximum Gasteiger partial charge on any atom is 0.233 e. The summed E-state index contributed by atoms with van der Waals surface area (Å²) >= 11 is 1.16. The predicted octanol–water partition coefficient (Wildman–Crippen LogP) is 4.34.